The predicted molar refractivity (Wildman–Crippen MR) is 74.7 cm³/mol. The molecule has 0 unspecified atom stereocenters. The van der Waals surface area contributed by atoms with Crippen molar-refractivity contribution in [3.05, 3.63) is 27.2 Å². The van der Waals surface area contributed by atoms with Gasteiger partial charge in [-0.05, 0) is 25.0 Å². The summed E-state index contributed by atoms with van der Waals surface area (Å²) in [7, 11) is 0. The third-order valence-corrected chi connectivity index (χ3v) is 3.14. The van der Waals surface area contributed by atoms with Crippen LogP contribution in [0.25, 0.3) is 0 Å². The molecule has 1 amide bonds. The van der Waals surface area contributed by atoms with E-state index in [9.17, 15) is 4.79 Å². The number of hydrogen-bond donors (Lipinski definition) is 1. The van der Waals surface area contributed by atoms with E-state index < -0.39 is 0 Å². The van der Waals surface area contributed by atoms with E-state index in [0.29, 0.717) is 33.1 Å². The minimum atomic E-state index is -0.138. The summed E-state index contributed by atoms with van der Waals surface area (Å²) in [6.07, 6.45) is 1.93. The minimum Gasteiger partial charge on any atom is -0.324 e. The minimum absolute atomic E-state index is 0.138. The van der Waals surface area contributed by atoms with Crippen LogP contribution in [0.5, 0.6) is 0 Å². The second-order valence-corrected chi connectivity index (χ2v) is 5.07. The predicted octanol–water partition coefficient (Wildman–Crippen LogP) is 4.99. The highest BCUT2D eigenvalue weighted by molar-refractivity contribution is 6.42. The molecular weight excluding hydrogens is 304 g/mol. The van der Waals surface area contributed by atoms with E-state index in [1.807, 2.05) is 0 Å². The van der Waals surface area contributed by atoms with Crippen molar-refractivity contribution in [2.45, 2.75) is 19.3 Å². The van der Waals surface area contributed by atoms with Gasteiger partial charge in [-0.25, -0.2) is 0 Å². The van der Waals surface area contributed by atoms with Crippen molar-refractivity contribution in [1.82, 2.24) is 0 Å². The molecule has 0 fully saturated rings. The molecule has 94 valence electrons. The molecule has 17 heavy (non-hydrogen) atoms. The number of halogens is 4. The lowest BCUT2D eigenvalue weighted by Crippen LogP contribution is -2.12. The zero-order valence-electron chi connectivity index (χ0n) is 8.90. The molecule has 1 aromatic rings. The smallest absolute Gasteiger partial charge is 0.224 e. The van der Waals surface area contributed by atoms with Crippen LogP contribution in [0.15, 0.2) is 12.1 Å². The lowest BCUT2D eigenvalue weighted by Gasteiger charge is -2.09. The molecule has 6 heteroatoms. The van der Waals surface area contributed by atoms with Gasteiger partial charge in [-0.15, -0.1) is 11.6 Å². The molecule has 0 radical (unpaired) electrons. The Hall–Kier alpha value is -0.150. The van der Waals surface area contributed by atoms with Crippen LogP contribution >= 0.6 is 46.4 Å². The number of amides is 1. The van der Waals surface area contributed by atoms with Crippen molar-refractivity contribution in [2.75, 3.05) is 11.2 Å². The number of carbonyl (C=O) groups is 1. The van der Waals surface area contributed by atoms with Crippen molar-refractivity contribution in [3.8, 4) is 0 Å². The normalized spacial score (nSPS) is 10.4. The lowest BCUT2D eigenvalue weighted by atomic mass is 10.2. The molecular formula is C11H11Cl4NO. The molecule has 2 nitrogen and oxygen atoms in total. The molecule has 0 saturated heterocycles. The van der Waals surface area contributed by atoms with Crippen LogP contribution < -0.4 is 5.32 Å². The first-order valence-electron chi connectivity index (χ1n) is 5.05. The number of rotatable bonds is 5. The van der Waals surface area contributed by atoms with E-state index in [2.05, 4.69) is 5.32 Å². The summed E-state index contributed by atoms with van der Waals surface area (Å²) in [6.45, 7) is 0. The average molecular weight is 315 g/mol. The second-order valence-electron chi connectivity index (χ2n) is 3.44. The Morgan fingerprint density at radius 1 is 1.12 bits per heavy atom. The van der Waals surface area contributed by atoms with Gasteiger partial charge in [-0.3, -0.25) is 4.79 Å². The van der Waals surface area contributed by atoms with Gasteiger partial charge < -0.3 is 5.32 Å². The number of nitrogens with one attached hydrogen (secondary N) is 1. The molecule has 0 aliphatic carbocycles. The molecule has 0 atom stereocenters. The van der Waals surface area contributed by atoms with Gasteiger partial charge in [0.25, 0.3) is 0 Å². The van der Waals surface area contributed by atoms with Crippen LogP contribution in [0.4, 0.5) is 5.69 Å². The fourth-order valence-corrected chi connectivity index (χ4v) is 2.34. The highest BCUT2D eigenvalue weighted by Gasteiger charge is 2.10. The summed E-state index contributed by atoms with van der Waals surface area (Å²) in [4.78, 5) is 11.6. The van der Waals surface area contributed by atoms with Gasteiger partial charge in [0.05, 0.1) is 15.7 Å². The summed E-state index contributed by atoms with van der Waals surface area (Å²) in [5, 5.41) is 3.74. The fourth-order valence-electron chi connectivity index (χ4n) is 1.24. The zero-order valence-corrected chi connectivity index (χ0v) is 11.9. The maximum Gasteiger partial charge on any atom is 0.224 e. The first-order chi connectivity index (χ1) is 8.04. The number of carbonyl (C=O) groups excluding carboxylic acids is 1. The molecule has 1 aromatic carbocycles. The number of alkyl halides is 1. The number of unbranched alkanes of at least 4 members (excludes halogenated alkanes) is 1. The standard InChI is InChI=1S/C11H11Cl4NO/c12-4-2-1-3-10(17)16-11-8(14)5-7(13)6-9(11)15/h5-6H,1-4H2,(H,16,17). The van der Waals surface area contributed by atoms with Gasteiger partial charge in [-0.1, -0.05) is 34.8 Å². The van der Waals surface area contributed by atoms with Crippen molar-refractivity contribution >= 4 is 58.0 Å². The number of anilines is 1. The molecule has 0 aliphatic heterocycles. The Morgan fingerprint density at radius 2 is 1.71 bits per heavy atom. The average Bonchev–Trinajstić information content (AvgIpc) is 2.24. The molecule has 0 aromatic heterocycles. The monoisotopic (exact) mass is 313 g/mol. The van der Waals surface area contributed by atoms with Gasteiger partial charge in [0.1, 0.15) is 0 Å². The summed E-state index contributed by atoms with van der Waals surface area (Å²) < 4.78 is 0. The molecule has 0 bridgehead atoms. The molecule has 0 spiro atoms. The van der Waals surface area contributed by atoms with Crippen molar-refractivity contribution < 1.29 is 4.79 Å². The SMILES string of the molecule is O=C(CCCCCl)Nc1c(Cl)cc(Cl)cc1Cl. The van der Waals surface area contributed by atoms with Crippen molar-refractivity contribution in [2.24, 2.45) is 0 Å². The molecule has 0 aliphatic rings. The molecule has 1 N–H and O–H groups in total. The number of benzene rings is 1. The van der Waals surface area contributed by atoms with Crippen molar-refractivity contribution in [3.63, 3.8) is 0 Å². The van der Waals surface area contributed by atoms with Gasteiger partial charge in [0.15, 0.2) is 0 Å². The summed E-state index contributed by atoms with van der Waals surface area (Å²) >= 11 is 23.2. The van der Waals surface area contributed by atoms with Crippen LogP contribution in [-0.4, -0.2) is 11.8 Å². The van der Waals surface area contributed by atoms with Crippen LogP contribution in [0.3, 0.4) is 0 Å². The summed E-state index contributed by atoms with van der Waals surface area (Å²) in [5.74, 6) is 0.414. The van der Waals surface area contributed by atoms with E-state index in [4.69, 9.17) is 46.4 Å². The highest BCUT2D eigenvalue weighted by atomic mass is 35.5. The summed E-state index contributed by atoms with van der Waals surface area (Å²) in [5.41, 5.74) is 0.397. The van der Waals surface area contributed by atoms with E-state index in [1.54, 1.807) is 0 Å². The zero-order chi connectivity index (χ0) is 12.8. The number of hydrogen-bond acceptors (Lipinski definition) is 1. The molecule has 0 heterocycles. The Bertz CT molecular complexity index is 385. The van der Waals surface area contributed by atoms with Gasteiger partial charge in [0, 0.05) is 17.3 Å². The lowest BCUT2D eigenvalue weighted by molar-refractivity contribution is -0.116. The van der Waals surface area contributed by atoms with Crippen LogP contribution in [0, 0.1) is 0 Å². The fraction of sp³-hybridized carbons (Fsp3) is 0.364. The van der Waals surface area contributed by atoms with E-state index >= 15 is 0 Å². The van der Waals surface area contributed by atoms with Crippen LogP contribution in [-0.2, 0) is 4.79 Å². The largest absolute Gasteiger partial charge is 0.324 e. The highest BCUT2D eigenvalue weighted by Crippen LogP contribution is 2.33. The first kappa shape index (κ1) is 14.9. The third-order valence-electron chi connectivity index (χ3n) is 2.06. The maximum absolute atomic E-state index is 11.6. The molecule has 0 saturated carbocycles. The van der Waals surface area contributed by atoms with E-state index in [1.165, 1.54) is 12.1 Å². The Morgan fingerprint density at radius 3 is 2.24 bits per heavy atom. The van der Waals surface area contributed by atoms with Crippen LogP contribution in [0.2, 0.25) is 15.1 Å². The van der Waals surface area contributed by atoms with Gasteiger partial charge in [-0.2, -0.15) is 0 Å². The Balaban J connectivity index is 2.65. The quantitative estimate of drug-likeness (QED) is 0.601. The second kappa shape index (κ2) is 7.32. The van der Waals surface area contributed by atoms with Crippen LogP contribution in [0.1, 0.15) is 19.3 Å². The molecule has 1 rings (SSSR count). The first-order valence-corrected chi connectivity index (χ1v) is 6.72. The Labute approximate surface area is 120 Å². The maximum atomic E-state index is 11.6. The van der Waals surface area contributed by atoms with Gasteiger partial charge >= 0.3 is 0 Å². The third kappa shape index (κ3) is 4.92. The van der Waals surface area contributed by atoms with E-state index in [-0.39, 0.29) is 5.91 Å². The summed E-state index contributed by atoms with van der Waals surface area (Å²) in [6, 6.07) is 3.06. The van der Waals surface area contributed by atoms with E-state index in [0.717, 1.165) is 12.8 Å². The topological polar surface area (TPSA) is 29.1 Å². The Kier molecular flexibility index (Phi) is 6.42. The van der Waals surface area contributed by atoms with Crippen molar-refractivity contribution in [1.29, 1.82) is 0 Å². The van der Waals surface area contributed by atoms with Gasteiger partial charge in [0.2, 0.25) is 5.91 Å².